The topological polar surface area (TPSA) is 34.0 Å². The quantitative estimate of drug-likeness (QED) is 0.146. The van der Waals surface area contributed by atoms with Crippen LogP contribution in [0.15, 0.2) is 243 Å². The summed E-state index contributed by atoms with van der Waals surface area (Å²) in [5.41, 5.74) is 16.1. The molecule has 292 valence electrons. The van der Waals surface area contributed by atoms with Gasteiger partial charge in [0.1, 0.15) is 5.65 Å². The van der Waals surface area contributed by atoms with Crippen LogP contribution < -0.4 is 4.90 Å². The van der Waals surface area contributed by atoms with Gasteiger partial charge in [0.2, 0.25) is 0 Å². The lowest BCUT2D eigenvalue weighted by Crippen LogP contribution is -2.11. The molecule has 0 radical (unpaired) electrons. The lowest BCUT2D eigenvalue weighted by molar-refractivity contribution is 1.11. The molecule has 11 aromatic rings. The van der Waals surface area contributed by atoms with Crippen molar-refractivity contribution in [2.45, 2.75) is 0 Å². The van der Waals surface area contributed by atoms with Crippen molar-refractivity contribution in [3.8, 4) is 61.7 Å². The van der Waals surface area contributed by atoms with Gasteiger partial charge in [-0.1, -0.05) is 188 Å². The zero-order chi connectivity index (χ0) is 41.2. The second-order valence-corrected chi connectivity index (χ2v) is 15.4. The summed E-state index contributed by atoms with van der Waals surface area (Å²) >= 11 is 0. The smallest absolute Gasteiger partial charge is 0.162 e. The molecule has 2 aromatic heterocycles. The minimum absolute atomic E-state index is 0.695. The van der Waals surface area contributed by atoms with Gasteiger partial charge in [-0.15, -0.1) is 0 Å². The number of aromatic nitrogens is 3. The van der Waals surface area contributed by atoms with Gasteiger partial charge in [0, 0.05) is 39.1 Å². The molecule has 0 saturated carbocycles. The van der Waals surface area contributed by atoms with Gasteiger partial charge < -0.3 is 4.90 Å². The number of para-hydroxylation sites is 2. The Hall–Kier alpha value is -8.34. The SMILES string of the molecule is c1ccc(-c2ccc(N(c3ccc(-c4ccc5c(c4)c4c(-c6ccccc6)nc(-c6ccccc6)nc4n5-c4ccccc4)cc3)c3ccccc3-c3ccccc3)cc2)cc1. The molecule has 0 amide bonds. The van der Waals surface area contributed by atoms with Crippen molar-refractivity contribution in [1.82, 2.24) is 14.5 Å². The molecular formula is C58H40N4. The van der Waals surface area contributed by atoms with Crippen LogP contribution in [0.5, 0.6) is 0 Å². The Bertz CT molecular complexity index is 3290. The third-order valence-electron chi connectivity index (χ3n) is 11.6. The zero-order valence-electron chi connectivity index (χ0n) is 33.9. The molecule has 0 spiro atoms. The molecule has 0 bridgehead atoms. The van der Waals surface area contributed by atoms with E-state index in [1.165, 1.54) is 16.7 Å². The Morgan fingerprint density at radius 3 is 1.44 bits per heavy atom. The second kappa shape index (κ2) is 16.0. The Labute approximate surface area is 361 Å². The second-order valence-electron chi connectivity index (χ2n) is 15.4. The van der Waals surface area contributed by atoms with E-state index in [4.69, 9.17) is 9.97 Å². The lowest BCUT2D eigenvalue weighted by Gasteiger charge is -2.28. The van der Waals surface area contributed by atoms with E-state index in [-0.39, 0.29) is 0 Å². The molecule has 0 fully saturated rings. The van der Waals surface area contributed by atoms with E-state index in [2.05, 4.69) is 234 Å². The molecular weight excluding hydrogens is 753 g/mol. The van der Waals surface area contributed by atoms with Crippen LogP contribution in [0.25, 0.3) is 83.6 Å². The van der Waals surface area contributed by atoms with E-state index < -0.39 is 0 Å². The minimum Gasteiger partial charge on any atom is -0.310 e. The summed E-state index contributed by atoms with van der Waals surface area (Å²) in [5, 5.41) is 2.12. The first-order valence-electron chi connectivity index (χ1n) is 21.0. The van der Waals surface area contributed by atoms with Crippen molar-refractivity contribution in [2.24, 2.45) is 0 Å². The molecule has 4 nitrogen and oxygen atoms in total. The number of rotatable bonds is 9. The van der Waals surface area contributed by atoms with E-state index in [1.807, 2.05) is 18.2 Å². The molecule has 0 unspecified atom stereocenters. The highest BCUT2D eigenvalue weighted by Gasteiger charge is 2.22. The molecule has 0 atom stereocenters. The zero-order valence-corrected chi connectivity index (χ0v) is 33.9. The van der Waals surface area contributed by atoms with Crippen LogP contribution in [0, 0.1) is 0 Å². The van der Waals surface area contributed by atoms with E-state index in [0.717, 1.165) is 78.2 Å². The predicted molar refractivity (Wildman–Crippen MR) is 258 cm³/mol. The van der Waals surface area contributed by atoms with Gasteiger partial charge >= 0.3 is 0 Å². The minimum atomic E-state index is 0.695. The fourth-order valence-electron chi connectivity index (χ4n) is 8.64. The number of benzene rings is 9. The highest BCUT2D eigenvalue weighted by Crippen LogP contribution is 2.43. The normalized spacial score (nSPS) is 11.2. The average molecular weight is 793 g/mol. The van der Waals surface area contributed by atoms with Gasteiger partial charge in [-0.25, -0.2) is 9.97 Å². The molecule has 2 heterocycles. The predicted octanol–water partition coefficient (Wildman–Crippen LogP) is 15.4. The van der Waals surface area contributed by atoms with Crippen LogP contribution in [-0.2, 0) is 0 Å². The van der Waals surface area contributed by atoms with Crippen molar-refractivity contribution in [2.75, 3.05) is 4.90 Å². The first-order chi connectivity index (χ1) is 30.8. The maximum absolute atomic E-state index is 5.33. The molecule has 0 aliphatic carbocycles. The maximum Gasteiger partial charge on any atom is 0.162 e. The summed E-state index contributed by atoms with van der Waals surface area (Å²) < 4.78 is 2.28. The van der Waals surface area contributed by atoms with Crippen LogP contribution in [0.3, 0.4) is 0 Å². The Morgan fingerprint density at radius 1 is 0.355 bits per heavy atom. The number of anilines is 3. The van der Waals surface area contributed by atoms with Crippen LogP contribution in [0.1, 0.15) is 0 Å². The third-order valence-corrected chi connectivity index (χ3v) is 11.6. The number of fused-ring (bicyclic) bond motifs is 3. The number of hydrogen-bond donors (Lipinski definition) is 0. The largest absolute Gasteiger partial charge is 0.310 e. The first-order valence-corrected chi connectivity index (χ1v) is 21.0. The first kappa shape index (κ1) is 36.7. The Morgan fingerprint density at radius 2 is 0.823 bits per heavy atom. The van der Waals surface area contributed by atoms with Gasteiger partial charge in [0.05, 0.1) is 22.3 Å². The van der Waals surface area contributed by atoms with Gasteiger partial charge in [-0.05, 0) is 82.4 Å². The van der Waals surface area contributed by atoms with Crippen LogP contribution >= 0.6 is 0 Å². The summed E-state index contributed by atoms with van der Waals surface area (Å²) in [4.78, 5) is 13.0. The van der Waals surface area contributed by atoms with Gasteiger partial charge in [0.15, 0.2) is 5.82 Å². The van der Waals surface area contributed by atoms with E-state index in [1.54, 1.807) is 0 Å². The molecule has 11 rings (SSSR count). The van der Waals surface area contributed by atoms with Crippen LogP contribution in [0.2, 0.25) is 0 Å². The summed E-state index contributed by atoms with van der Waals surface area (Å²) in [6.45, 7) is 0. The lowest BCUT2D eigenvalue weighted by atomic mass is 9.99. The third kappa shape index (κ3) is 6.80. The van der Waals surface area contributed by atoms with Crippen molar-refractivity contribution < 1.29 is 0 Å². The standard InChI is InChI=1S/C58H40N4/c1-6-18-41(19-7-1)42-30-35-49(36-31-42)61(53-29-17-16-28-51(53)44-20-8-2-9-21-44)50-37-32-43(33-38-50)47-34-39-54-52(40-47)55-56(45-22-10-3-11-23-45)59-57(46-24-12-4-13-25-46)60-58(55)62(54)48-26-14-5-15-27-48/h1-40H. The van der Waals surface area contributed by atoms with E-state index in [0.29, 0.717) is 5.82 Å². The highest BCUT2D eigenvalue weighted by molar-refractivity contribution is 6.15. The van der Waals surface area contributed by atoms with Crippen molar-refractivity contribution >= 4 is 39.0 Å². The maximum atomic E-state index is 5.33. The van der Waals surface area contributed by atoms with Gasteiger partial charge in [-0.3, -0.25) is 4.57 Å². The molecule has 0 saturated heterocycles. The molecule has 9 aromatic carbocycles. The number of hydrogen-bond acceptors (Lipinski definition) is 3. The summed E-state index contributed by atoms with van der Waals surface area (Å²) in [7, 11) is 0. The van der Waals surface area contributed by atoms with Gasteiger partial charge in [-0.2, -0.15) is 0 Å². The Balaban J connectivity index is 1.07. The average Bonchev–Trinajstić information content (AvgIpc) is 3.69. The molecule has 0 aliphatic heterocycles. The van der Waals surface area contributed by atoms with E-state index in [9.17, 15) is 0 Å². The van der Waals surface area contributed by atoms with Gasteiger partial charge in [0.25, 0.3) is 0 Å². The summed E-state index contributed by atoms with van der Waals surface area (Å²) in [6, 6.07) is 85.7. The fraction of sp³-hybridized carbons (Fsp3) is 0. The molecule has 0 N–H and O–H groups in total. The number of nitrogens with zero attached hydrogens (tertiary/aromatic N) is 4. The van der Waals surface area contributed by atoms with Crippen LogP contribution in [0.4, 0.5) is 17.1 Å². The monoisotopic (exact) mass is 792 g/mol. The fourth-order valence-corrected chi connectivity index (χ4v) is 8.64. The van der Waals surface area contributed by atoms with Crippen LogP contribution in [-0.4, -0.2) is 14.5 Å². The van der Waals surface area contributed by atoms with Crippen molar-refractivity contribution in [3.63, 3.8) is 0 Å². The molecule has 0 aliphatic rings. The highest BCUT2D eigenvalue weighted by atomic mass is 15.1. The molecule has 4 heteroatoms. The van der Waals surface area contributed by atoms with Crippen molar-refractivity contribution in [1.29, 1.82) is 0 Å². The summed E-state index contributed by atoms with van der Waals surface area (Å²) in [5.74, 6) is 0.695. The molecule has 62 heavy (non-hydrogen) atoms. The van der Waals surface area contributed by atoms with E-state index >= 15 is 0 Å². The Kier molecular flexibility index (Phi) is 9.49. The summed E-state index contributed by atoms with van der Waals surface area (Å²) in [6.07, 6.45) is 0. The van der Waals surface area contributed by atoms with Crippen molar-refractivity contribution in [3.05, 3.63) is 243 Å².